The van der Waals surface area contributed by atoms with E-state index in [9.17, 15) is 0 Å². The van der Waals surface area contributed by atoms with E-state index < -0.39 is 0 Å². The summed E-state index contributed by atoms with van der Waals surface area (Å²) in [4.78, 5) is 14.2. The van der Waals surface area contributed by atoms with E-state index in [2.05, 4.69) is 62.8 Å². The van der Waals surface area contributed by atoms with Gasteiger partial charge in [-0.2, -0.15) is 15.1 Å². The number of anilines is 3. The molecular weight excluding hydrogens is 488 g/mol. The van der Waals surface area contributed by atoms with Gasteiger partial charge in [0, 0.05) is 32.2 Å². The number of rotatable bonds is 9. The maximum Gasteiger partial charge on any atom is 0.229 e. The van der Waals surface area contributed by atoms with E-state index in [1.165, 1.54) is 36.5 Å². The summed E-state index contributed by atoms with van der Waals surface area (Å²) in [7, 11) is 1.65. The van der Waals surface area contributed by atoms with E-state index in [4.69, 9.17) is 19.4 Å². The zero-order chi connectivity index (χ0) is 26.4. The second-order valence-corrected chi connectivity index (χ2v) is 10.0. The van der Waals surface area contributed by atoms with Gasteiger partial charge in [-0.1, -0.05) is 42.5 Å². The molecule has 6 rings (SSSR count). The fourth-order valence-electron chi connectivity index (χ4n) is 5.28. The molecule has 2 aliphatic rings. The van der Waals surface area contributed by atoms with Gasteiger partial charge in [0.2, 0.25) is 5.95 Å². The summed E-state index contributed by atoms with van der Waals surface area (Å²) in [5.74, 6) is 3.80. The molecule has 0 amide bonds. The zero-order valence-corrected chi connectivity index (χ0v) is 22.3. The second kappa shape index (κ2) is 11.6. The highest BCUT2D eigenvalue weighted by Gasteiger charge is 2.20. The molecule has 0 radical (unpaired) electrons. The Bertz CT molecular complexity index is 1420. The van der Waals surface area contributed by atoms with Crippen LogP contribution in [0.3, 0.4) is 0 Å². The van der Waals surface area contributed by atoms with E-state index in [-0.39, 0.29) is 0 Å². The standard InChI is InChI=1S/C31H34N6O2/c1-38-28-19-23(13-14-27(28)39-22-25-11-8-10-24-9-2-3-12-26(24)25)21-32-35-29-20-30(36-15-4-5-16-36)34-31(33-29)37-17-6-7-18-37/h2-3,8-14,19-21H,4-7,15-18,22H2,1H3,(H,33,34,35)/b32-21-. The van der Waals surface area contributed by atoms with Gasteiger partial charge in [0.25, 0.3) is 0 Å². The van der Waals surface area contributed by atoms with E-state index >= 15 is 0 Å². The van der Waals surface area contributed by atoms with E-state index in [1.54, 1.807) is 13.3 Å². The van der Waals surface area contributed by atoms with E-state index in [1.807, 2.05) is 24.3 Å². The van der Waals surface area contributed by atoms with Crippen molar-refractivity contribution in [3.63, 3.8) is 0 Å². The van der Waals surface area contributed by atoms with Crippen molar-refractivity contribution < 1.29 is 9.47 Å². The Hall–Kier alpha value is -4.33. The van der Waals surface area contributed by atoms with Gasteiger partial charge in [-0.3, -0.25) is 5.43 Å². The predicted octanol–water partition coefficient (Wildman–Crippen LogP) is 5.86. The first-order chi connectivity index (χ1) is 19.3. The molecule has 2 fully saturated rings. The highest BCUT2D eigenvalue weighted by atomic mass is 16.5. The molecule has 4 aromatic rings. The van der Waals surface area contributed by atoms with Gasteiger partial charge in [0.15, 0.2) is 17.3 Å². The molecule has 200 valence electrons. The van der Waals surface area contributed by atoms with Gasteiger partial charge in [0.1, 0.15) is 12.4 Å². The summed E-state index contributed by atoms with van der Waals surface area (Å²) in [6.45, 7) is 4.53. The molecule has 0 atom stereocenters. The molecule has 0 aliphatic carbocycles. The molecule has 8 nitrogen and oxygen atoms in total. The SMILES string of the molecule is COc1cc(/C=N\Nc2cc(N3CCCC3)nc(N3CCCC3)n2)ccc1OCc1cccc2ccccc12. The Kier molecular flexibility index (Phi) is 7.43. The maximum atomic E-state index is 6.16. The monoisotopic (exact) mass is 522 g/mol. The van der Waals surface area contributed by atoms with Crippen LogP contribution in [-0.2, 0) is 6.61 Å². The van der Waals surface area contributed by atoms with Gasteiger partial charge in [-0.15, -0.1) is 0 Å². The van der Waals surface area contributed by atoms with Crippen LogP contribution in [0.15, 0.2) is 71.8 Å². The number of hydrazone groups is 1. The number of nitrogens with one attached hydrogen (secondary N) is 1. The number of benzene rings is 3. The number of ether oxygens (including phenoxy) is 2. The summed E-state index contributed by atoms with van der Waals surface area (Å²) in [5.41, 5.74) is 5.16. The molecule has 0 bridgehead atoms. The average Bonchev–Trinajstić information content (AvgIpc) is 3.72. The van der Waals surface area contributed by atoms with Crippen LogP contribution in [-0.4, -0.2) is 49.5 Å². The fourth-order valence-corrected chi connectivity index (χ4v) is 5.28. The molecule has 1 aromatic heterocycles. The molecule has 0 spiro atoms. The molecule has 39 heavy (non-hydrogen) atoms. The quantitative estimate of drug-likeness (QED) is 0.218. The lowest BCUT2D eigenvalue weighted by Gasteiger charge is -2.21. The van der Waals surface area contributed by atoms with E-state index in [0.29, 0.717) is 23.9 Å². The third kappa shape index (κ3) is 5.74. The van der Waals surface area contributed by atoms with Crippen molar-refractivity contribution in [3.8, 4) is 11.5 Å². The Morgan fingerprint density at radius 3 is 2.44 bits per heavy atom. The molecule has 3 heterocycles. The molecule has 0 unspecified atom stereocenters. The van der Waals surface area contributed by atoms with E-state index in [0.717, 1.165) is 49.1 Å². The zero-order valence-electron chi connectivity index (χ0n) is 22.3. The summed E-state index contributed by atoms with van der Waals surface area (Å²) >= 11 is 0. The first kappa shape index (κ1) is 25.0. The Balaban J connectivity index is 1.15. The van der Waals surface area contributed by atoms with Crippen molar-refractivity contribution in [3.05, 3.63) is 77.9 Å². The number of methoxy groups -OCH3 is 1. The first-order valence-corrected chi connectivity index (χ1v) is 13.7. The smallest absolute Gasteiger partial charge is 0.229 e. The summed E-state index contributed by atoms with van der Waals surface area (Å²) in [6.07, 6.45) is 6.54. The maximum absolute atomic E-state index is 6.16. The minimum absolute atomic E-state index is 0.457. The number of nitrogens with zero attached hydrogens (tertiary/aromatic N) is 5. The molecule has 2 saturated heterocycles. The first-order valence-electron chi connectivity index (χ1n) is 13.7. The number of hydrogen-bond acceptors (Lipinski definition) is 8. The van der Waals surface area contributed by atoms with Crippen LogP contribution in [0.1, 0.15) is 36.8 Å². The minimum atomic E-state index is 0.457. The fraction of sp³-hybridized carbons (Fsp3) is 0.323. The van der Waals surface area contributed by atoms with Gasteiger partial charge in [0.05, 0.1) is 13.3 Å². The van der Waals surface area contributed by atoms with Crippen molar-refractivity contribution in [2.75, 3.05) is 48.5 Å². The minimum Gasteiger partial charge on any atom is -0.493 e. The normalized spacial score (nSPS) is 15.4. The second-order valence-electron chi connectivity index (χ2n) is 10.0. The third-order valence-corrected chi connectivity index (χ3v) is 7.36. The van der Waals surface area contributed by atoms with Crippen molar-refractivity contribution in [1.29, 1.82) is 0 Å². The highest BCUT2D eigenvalue weighted by molar-refractivity contribution is 5.85. The van der Waals surface area contributed by atoms with Crippen LogP contribution in [0.25, 0.3) is 10.8 Å². The lowest BCUT2D eigenvalue weighted by atomic mass is 10.1. The lowest BCUT2D eigenvalue weighted by molar-refractivity contribution is 0.285. The van der Waals surface area contributed by atoms with Crippen LogP contribution >= 0.6 is 0 Å². The van der Waals surface area contributed by atoms with Crippen LogP contribution in [0.4, 0.5) is 17.6 Å². The van der Waals surface area contributed by atoms with Crippen LogP contribution < -0.4 is 24.7 Å². The van der Waals surface area contributed by atoms with Crippen LogP contribution in [0, 0.1) is 0 Å². The summed E-state index contributed by atoms with van der Waals surface area (Å²) < 4.78 is 11.8. The predicted molar refractivity (Wildman–Crippen MR) is 157 cm³/mol. The van der Waals surface area contributed by atoms with Gasteiger partial charge >= 0.3 is 0 Å². The third-order valence-electron chi connectivity index (χ3n) is 7.36. The van der Waals surface area contributed by atoms with Gasteiger partial charge in [-0.25, -0.2) is 0 Å². The van der Waals surface area contributed by atoms with Crippen LogP contribution in [0.5, 0.6) is 11.5 Å². The molecular formula is C31H34N6O2. The molecule has 1 N–H and O–H groups in total. The van der Waals surface area contributed by atoms with Gasteiger partial charge in [-0.05, 0) is 65.8 Å². The van der Waals surface area contributed by atoms with Crippen LogP contribution in [0.2, 0.25) is 0 Å². The summed E-state index contributed by atoms with van der Waals surface area (Å²) in [5, 5.41) is 6.88. The molecule has 8 heteroatoms. The van der Waals surface area contributed by atoms with Gasteiger partial charge < -0.3 is 19.3 Å². The lowest BCUT2D eigenvalue weighted by Crippen LogP contribution is -2.24. The van der Waals surface area contributed by atoms with Crippen molar-refractivity contribution in [1.82, 2.24) is 9.97 Å². The Morgan fingerprint density at radius 2 is 1.62 bits per heavy atom. The number of hydrogen-bond donors (Lipinski definition) is 1. The number of fused-ring (bicyclic) bond motifs is 1. The molecule has 3 aromatic carbocycles. The topological polar surface area (TPSA) is 75.1 Å². The molecule has 0 saturated carbocycles. The average molecular weight is 523 g/mol. The molecule has 2 aliphatic heterocycles. The Morgan fingerprint density at radius 1 is 0.846 bits per heavy atom. The van der Waals surface area contributed by atoms with Crippen molar-refractivity contribution in [2.24, 2.45) is 5.10 Å². The Labute approximate surface area is 229 Å². The highest BCUT2D eigenvalue weighted by Crippen LogP contribution is 2.30. The number of aromatic nitrogens is 2. The van der Waals surface area contributed by atoms with Crippen molar-refractivity contribution in [2.45, 2.75) is 32.3 Å². The largest absolute Gasteiger partial charge is 0.493 e. The van der Waals surface area contributed by atoms with Crippen molar-refractivity contribution >= 4 is 34.6 Å². The summed E-state index contributed by atoms with van der Waals surface area (Å²) in [6, 6.07) is 22.4.